The lowest BCUT2D eigenvalue weighted by molar-refractivity contribution is -0.231. The molecular weight excluding hydrogens is 152 g/mol. The lowest BCUT2D eigenvalue weighted by Gasteiger charge is -1.89. The van der Waals surface area contributed by atoms with E-state index in [-0.39, 0.29) is 5.97 Å². The van der Waals surface area contributed by atoms with E-state index in [2.05, 4.69) is 9.62 Å². The summed E-state index contributed by atoms with van der Waals surface area (Å²) in [5.74, 6) is -0.900. The molecule has 5 nitrogen and oxygen atoms in total. The van der Waals surface area contributed by atoms with Crippen LogP contribution in [-0.2, 0) is 19.2 Å². The minimum atomic E-state index is -0.690. The molecule has 0 saturated carbocycles. The smallest absolute Gasteiger partial charge is 0.339 e. The fourth-order valence-corrected chi connectivity index (χ4v) is 0.203. The van der Waals surface area contributed by atoms with Crippen LogP contribution in [0.5, 0.6) is 0 Å². The molecule has 0 bridgehead atoms. The topological polar surface area (TPSA) is 72.8 Å². The molecule has 0 aliphatic carbocycles. The van der Waals surface area contributed by atoms with Gasteiger partial charge < -0.3 is 9.62 Å². The standard InChI is InChI=1S/C4H8O2.C2H4O3/c1-3-6-4(2)5;1-2(3)5-4/h3H2,1-2H3;4H,1H3. The maximum atomic E-state index is 9.82. The van der Waals surface area contributed by atoms with Crippen LogP contribution in [0.1, 0.15) is 20.8 Å². The quantitative estimate of drug-likeness (QED) is 0.349. The molecule has 1 N–H and O–H groups in total. The molecule has 0 aromatic heterocycles. The predicted octanol–water partition coefficient (Wildman–Crippen LogP) is 0.592. The van der Waals surface area contributed by atoms with Crippen molar-refractivity contribution in [2.24, 2.45) is 0 Å². The number of ether oxygens (including phenoxy) is 1. The van der Waals surface area contributed by atoms with Gasteiger partial charge in [0.15, 0.2) is 0 Å². The van der Waals surface area contributed by atoms with Crippen LogP contribution < -0.4 is 0 Å². The molecule has 0 amide bonds. The Kier molecular flexibility index (Phi) is 10.2. The van der Waals surface area contributed by atoms with Gasteiger partial charge in [-0.1, -0.05) is 0 Å². The molecule has 0 atom stereocenters. The van der Waals surface area contributed by atoms with Crippen molar-refractivity contribution in [3.8, 4) is 0 Å². The van der Waals surface area contributed by atoms with E-state index in [0.717, 1.165) is 6.92 Å². The summed E-state index contributed by atoms with van der Waals surface area (Å²) in [5, 5.41) is 7.29. The lowest BCUT2D eigenvalue weighted by atomic mass is 10.8. The summed E-state index contributed by atoms with van der Waals surface area (Å²) in [7, 11) is 0. The molecule has 0 unspecified atom stereocenters. The van der Waals surface area contributed by atoms with Crippen molar-refractivity contribution in [1.82, 2.24) is 0 Å². The van der Waals surface area contributed by atoms with Gasteiger partial charge in [-0.3, -0.25) is 4.79 Å². The fraction of sp³-hybridized carbons (Fsp3) is 0.667. The largest absolute Gasteiger partial charge is 0.466 e. The van der Waals surface area contributed by atoms with E-state index in [1.807, 2.05) is 0 Å². The number of rotatable bonds is 1. The number of hydrogen-bond acceptors (Lipinski definition) is 5. The maximum Gasteiger partial charge on any atom is 0.339 e. The zero-order chi connectivity index (χ0) is 9.28. The molecule has 0 heterocycles. The lowest BCUT2D eigenvalue weighted by Crippen LogP contribution is -1.95. The number of carbonyl (C=O) groups is 2. The molecule has 0 aliphatic heterocycles. The van der Waals surface area contributed by atoms with Gasteiger partial charge >= 0.3 is 11.9 Å². The van der Waals surface area contributed by atoms with Gasteiger partial charge in [0.2, 0.25) is 0 Å². The molecule has 0 spiro atoms. The average Bonchev–Trinajstić information content (AvgIpc) is 1.89. The van der Waals surface area contributed by atoms with E-state index in [1.54, 1.807) is 6.92 Å². The Balaban J connectivity index is 0. The third-order valence-electron chi connectivity index (χ3n) is 0.476. The van der Waals surface area contributed by atoms with Gasteiger partial charge in [0, 0.05) is 13.8 Å². The van der Waals surface area contributed by atoms with Gasteiger partial charge in [0.1, 0.15) is 0 Å². The summed E-state index contributed by atoms with van der Waals surface area (Å²) < 4.78 is 4.40. The second kappa shape index (κ2) is 8.90. The van der Waals surface area contributed by atoms with Crippen molar-refractivity contribution in [2.45, 2.75) is 20.8 Å². The van der Waals surface area contributed by atoms with E-state index in [4.69, 9.17) is 5.26 Å². The second-order valence-corrected chi connectivity index (χ2v) is 1.51. The van der Waals surface area contributed by atoms with Crippen LogP contribution >= 0.6 is 0 Å². The number of carbonyl (C=O) groups excluding carboxylic acids is 2. The monoisotopic (exact) mass is 164 g/mol. The Morgan fingerprint density at radius 2 is 1.64 bits per heavy atom. The van der Waals surface area contributed by atoms with Crippen LogP contribution in [0, 0.1) is 0 Å². The first-order chi connectivity index (χ1) is 5.04. The van der Waals surface area contributed by atoms with E-state index in [9.17, 15) is 9.59 Å². The highest BCUT2D eigenvalue weighted by Crippen LogP contribution is 1.69. The van der Waals surface area contributed by atoms with Gasteiger partial charge in [0.05, 0.1) is 6.61 Å². The van der Waals surface area contributed by atoms with Crippen molar-refractivity contribution < 1.29 is 24.5 Å². The van der Waals surface area contributed by atoms with Crippen molar-refractivity contribution in [3.05, 3.63) is 0 Å². The van der Waals surface area contributed by atoms with Crippen LogP contribution in [-0.4, -0.2) is 23.8 Å². The summed E-state index contributed by atoms with van der Waals surface area (Å²) in [5.41, 5.74) is 0. The Hall–Kier alpha value is -1.10. The minimum Gasteiger partial charge on any atom is -0.466 e. The molecular formula is C6H12O5. The number of hydrogen-bond donors (Lipinski definition) is 1. The highest BCUT2D eigenvalue weighted by atomic mass is 17.1. The summed E-state index contributed by atoms with van der Waals surface area (Å²) in [6, 6.07) is 0. The van der Waals surface area contributed by atoms with E-state index >= 15 is 0 Å². The zero-order valence-electron chi connectivity index (χ0n) is 6.79. The molecule has 0 aromatic carbocycles. The predicted molar refractivity (Wildman–Crippen MR) is 36.7 cm³/mol. The molecule has 0 rings (SSSR count). The molecule has 0 radical (unpaired) electrons. The third kappa shape index (κ3) is 27.9. The fourth-order valence-electron chi connectivity index (χ4n) is 0.203. The zero-order valence-corrected chi connectivity index (χ0v) is 6.79. The molecule has 0 aromatic rings. The first kappa shape index (κ1) is 12.6. The molecule has 0 saturated heterocycles. The van der Waals surface area contributed by atoms with Gasteiger partial charge in [-0.05, 0) is 6.92 Å². The van der Waals surface area contributed by atoms with Gasteiger partial charge in [-0.2, -0.15) is 5.26 Å². The SMILES string of the molecule is CC(=O)OO.CCOC(C)=O. The minimum absolute atomic E-state index is 0.211. The molecule has 0 aliphatic rings. The van der Waals surface area contributed by atoms with Crippen molar-refractivity contribution in [1.29, 1.82) is 0 Å². The first-order valence-electron chi connectivity index (χ1n) is 2.99. The van der Waals surface area contributed by atoms with Gasteiger partial charge in [0.25, 0.3) is 0 Å². The molecule has 0 fully saturated rings. The summed E-state index contributed by atoms with van der Waals surface area (Å²) in [6.07, 6.45) is 0. The normalized spacial score (nSPS) is 7.27. The van der Waals surface area contributed by atoms with Gasteiger partial charge in [-0.25, -0.2) is 4.79 Å². The molecule has 5 heteroatoms. The van der Waals surface area contributed by atoms with Crippen LogP contribution in [0.4, 0.5) is 0 Å². The van der Waals surface area contributed by atoms with Crippen LogP contribution in [0.2, 0.25) is 0 Å². The highest BCUT2D eigenvalue weighted by molar-refractivity contribution is 5.65. The van der Waals surface area contributed by atoms with E-state index in [1.165, 1.54) is 6.92 Å². The van der Waals surface area contributed by atoms with Gasteiger partial charge in [-0.15, -0.1) is 0 Å². The molecule has 11 heavy (non-hydrogen) atoms. The first-order valence-corrected chi connectivity index (χ1v) is 2.99. The second-order valence-electron chi connectivity index (χ2n) is 1.51. The Labute approximate surface area is 64.8 Å². The van der Waals surface area contributed by atoms with E-state index < -0.39 is 5.97 Å². The van der Waals surface area contributed by atoms with Crippen LogP contribution in [0.3, 0.4) is 0 Å². The summed E-state index contributed by atoms with van der Waals surface area (Å²) in [4.78, 5) is 22.3. The molecule has 66 valence electrons. The third-order valence-corrected chi connectivity index (χ3v) is 0.476. The number of esters is 1. The Bertz CT molecular complexity index is 120. The summed E-state index contributed by atoms with van der Waals surface area (Å²) in [6.45, 7) is 4.76. The van der Waals surface area contributed by atoms with Crippen molar-refractivity contribution in [2.75, 3.05) is 6.61 Å². The van der Waals surface area contributed by atoms with Crippen molar-refractivity contribution in [3.63, 3.8) is 0 Å². The van der Waals surface area contributed by atoms with Crippen LogP contribution in [0.25, 0.3) is 0 Å². The Morgan fingerprint density at radius 1 is 1.27 bits per heavy atom. The van der Waals surface area contributed by atoms with Crippen molar-refractivity contribution >= 4 is 11.9 Å². The van der Waals surface area contributed by atoms with Crippen LogP contribution in [0.15, 0.2) is 0 Å². The highest BCUT2D eigenvalue weighted by Gasteiger charge is 1.81. The van der Waals surface area contributed by atoms with E-state index in [0.29, 0.717) is 6.61 Å². The Morgan fingerprint density at radius 3 is 1.64 bits per heavy atom. The summed E-state index contributed by atoms with van der Waals surface area (Å²) >= 11 is 0. The average molecular weight is 164 g/mol. The maximum absolute atomic E-state index is 9.82.